The summed E-state index contributed by atoms with van der Waals surface area (Å²) < 4.78 is 62.1. The van der Waals surface area contributed by atoms with E-state index in [-0.39, 0.29) is 16.9 Å². The van der Waals surface area contributed by atoms with Gasteiger partial charge in [-0.1, -0.05) is 48.0 Å². The molecule has 0 aromatic heterocycles. The molecule has 0 heterocycles. The Hall–Kier alpha value is -4.48. The van der Waals surface area contributed by atoms with Crippen LogP contribution in [0.4, 0.5) is 17.6 Å². The van der Waals surface area contributed by atoms with Gasteiger partial charge in [-0.3, -0.25) is 0 Å². The van der Waals surface area contributed by atoms with E-state index >= 15 is 0 Å². The Kier molecular flexibility index (Phi) is 7.19. The average Bonchev–Trinajstić information content (AvgIpc) is 2.83. The van der Waals surface area contributed by atoms with Crippen LogP contribution in [-0.2, 0) is 0 Å². The Morgan fingerprint density at radius 1 is 0.686 bits per heavy atom. The van der Waals surface area contributed by atoms with Crippen LogP contribution in [0.1, 0.15) is 29.2 Å². The second kappa shape index (κ2) is 10.6. The third-order valence-corrected chi connectivity index (χ3v) is 5.04. The number of halogens is 4. The maximum absolute atomic E-state index is 14.6. The Labute approximate surface area is 200 Å². The molecule has 5 heteroatoms. The molecule has 172 valence electrons. The van der Waals surface area contributed by atoms with Crippen LogP contribution in [0.15, 0.2) is 78.9 Å². The van der Waals surface area contributed by atoms with Crippen LogP contribution in [0.3, 0.4) is 0 Å². The van der Waals surface area contributed by atoms with E-state index in [4.69, 9.17) is 4.74 Å². The van der Waals surface area contributed by atoms with E-state index < -0.39 is 23.0 Å². The van der Waals surface area contributed by atoms with Crippen molar-refractivity contribution in [1.82, 2.24) is 0 Å². The van der Waals surface area contributed by atoms with Gasteiger partial charge in [-0.15, -0.1) is 0 Å². The minimum Gasteiger partial charge on any atom is -0.489 e. The normalized spacial score (nSPS) is 10.5. The van der Waals surface area contributed by atoms with Crippen LogP contribution in [0.25, 0.3) is 10.8 Å². The van der Waals surface area contributed by atoms with Crippen LogP contribution in [0, 0.1) is 47.0 Å². The lowest BCUT2D eigenvalue weighted by Gasteiger charge is -2.03. The Morgan fingerprint density at radius 2 is 1.40 bits per heavy atom. The van der Waals surface area contributed by atoms with Gasteiger partial charge >= 0.3 is 0 Å². The second-order valence-electron chi connectivity index (χ2n) is 7.54. The first-order valence-corrected chi connectivity index (χ1v) is 10.7. The van der Waals surface area contributed by atoms with E-state index in [0.717, 1.165) is 17.5 Å². The van der Waals surface area contributed by atoms with Crippen molar-refractivity contribution in [2.45, 2.75) is 6.92 Å². The van der Waals surface area contributed by atoms with Crippen molar-refractivity contribution in [2.75, 3.05) is 6.61 Å². The third-order valence-electron chi connectivity index (χ3n) is 5.04. The zero-order chi connectivity index (χ0) is 24.8. The number of fused-ring (bicyclic) bond motifs is 1. The molecular formula is C30H18F4O. The van der Waals surface area contributed by atoms with Crippen molar-refractivity contribution in [2.24, 2.45) is 0 Å². The monoisotopic (exact) mass is 470 g/mol. The van der Waals surface area contributed by atoms with Crippen molar-refractivity contribution in [1.29, 1.82) is 0 Å². The van der Waals surface area contributed by atoms with E-state index in [1.54, 1.807) is 36.4 Å². The van der Waals surface area contributed by atoms with Gasteiger partial charge in [0.2, 0.25) is 0 Å². The fraction of sp³-hybridized carbons (Fsp3) is 0.0667. The van der Waals surface area contributed by atoms with Crippen molar-refractivity contribution >= 4 is 10.8 Å². The summed E-state index contributed by atoms with van der Waals surface area (Å²) in [5.41, 5.74) is 0.249. The van der Waals surface area contributed by atoms with Gasteiger partial charge in [0.25, 0.3) is 0 Å². The summed E-state index contributed by atoms with van der Waals surface area (Å²) in [4.78, 5) is 0. The molecule has 0 amide bonds. The predicted octanol–water partition coefficient (Wildman–Crippen LogP) is 7.15. The average molecular weight is 470 g/mol. The highest BCUT2D eigenvalue weighted by Gasteiger charge is 2.09. The number of rotatable bonds is 3. The smallest absolute Gasteiger partial charge is 0.143 e. The van der Waals surface area contributed by atoms with Gasteiger partial charge in [-0.2, -0.15) is 0 Å². The largest absolute Gasteiger partial charge is 0.489 e. The SMILES string of the molecule is C/C=C/COc1ccc(C#Cc2cc(F)c(C#Cc3ccc4cc(F)ccc4c3)c(F)c2)c(F)c1. The molecular weight excluding hydrogens is 452 g/mol. The van der Waals surface area contributed by atoms with E-state index in [1.165, 1.54) is 24.3 Å². The van der Waals surface area contributed by atoms with Gasteiger partial charge in [0.1, 0.15) is 35.6 Å². The summed E-state index contributed by atoms with van der Waals surface area (Å²) in [6, 6.07) is 15.7. The van der Waals surface area contributed by atoms with E-state index in [9.17, 15) is 17.6 Å². The van der Waals surface area contributed by atoms with Gasteiger partial charge in [-0.05, 0) is 66.2 Å². The van der Waals surface area contributed by atoms with Gasteiger partial charge in [-0.25, -0.2) is 17.6 Å². The topological polar surface area (TPSA) is 9.23 Å². The summed E-state index contributed by atoms with van der Waals surface area (Å²) in [5, 5.41) is 1.46. The number of hydrogen-bond donors (Lipinski definition) is 0. The molecule has 0 bridgehead atoms. The fourth-order valence-corrected chi connectivity index (χ4v) is 3.26. The lowest BCUT2D eigenvalue weighted by Crippen LogP contribution is -1.95. The molecule has 0 N–H and O–H groups in total. The maximum atomic E-state index is 14.6. The zero-order valence-electron chi connectivity index (χ0n) is 18.6. The lowest BCUT2D eigenvalue weighted by atomic mass is 10.1. The zero-order valence-corrected chi connectivity index (χ0v) is 18.6. The summed E-state index contributed by atoms with van der Waals surface area (Å²) in [6.45, 7) is 2.16. The van der Waals surface area contributed by atoms with Crippen molar-refractivity contribution in [3.05, 3.63) is 124 Å². The summed E-state index contributed by atoms with van der Waals surface area (Å²) in [6.07, 6.45) is 3.60. The number of ether oxygens (including phenoxy) is 1. The number of allylic oxidation sites excluding steroid dienone is 1. The van der Waals surface area contributed by atoms with Gasteiger partial charge in [0, 0.05) is 17.2 Å². The van der Waals surface area contributed by atoms with E-state index in [2.05, 4.69) is 23.7 Å². The van der Waals surface area contributed by atoms with Crippen molar-refractivity contribution in [3.8, 4) is 29.4 Å². The standard InChI is InChI=1S/C30H18F4O/c1-2-3-14-35-26-12-10-22(28(32)19-26)7-5-21-16-29(33)27(30(34)17-21)13-6-20-4-8-24-18-25(31)11-9-23(24)15-20/h2-4,8-12,15-19H,14H2,1H3/b3-2+. The Morgan fingerprint density at radius 3 is 2.14 bits per heavy atom. The molecule has 0 spiro atoms. The summed E-state index contributed by atoms with van der Waals surface area (Å²) in [5.74, 6) is 8.06. The van der Waals surface area contributed by atoms with Gasteiger partial charge < -0.3 is 4.74 Å². The molecule has 4 rings (SSSR count). The Balaban J connectivity index is 1.55. The quantitative estimate of drug-likeness (QED) is 0.176. The minimum absolute atomic E-state index is 0.0473. The molecule has 0 unspecified atom stereocenters. The molecule has 0 aliphatic heterocycles. The van der Waals surface area contributed by atoms with Crippen LogP contribution in [0.5, 0.6) is 5.75 Å². The highest BCUT2D eigenvalue weighted by molar-refractivity contribution is 5.84. The minimum atomic E-state index is -0.877. The first-order valence-electron chi connectivity index (χ1n) is 10.7. The molecule has 0 atom stereocenters. The van der Waals surface area contributed by atoms with Crippen LogP contribution < -0.4 is 4.74 Å². The third kappa shape index (κ3) is 5.91. The number of hydrogen-bond acceptors (Lipinski definition) is 1. The fourth-order valence-electron chi connectivity index (χ4n) is 3.26. The molecule has 4 aromatic rings. The Bertz CT molecular complexity index is 1540. The van der Waals surface area contributed by atoms with Crippen molar-refractivity contribution in [3.63, 3.8) is 0 Å². The molecule has 0 fully saturated rings. The lowest BCUT2D eigenvalue weighted by molar-refractivity contribution is 0.360. The maximum Gasteiger partial charge on any atom is 0.143 e. The predicted molar refractivity (Wildman–Crippen MR) is 129 cm³/mol. The molecule has 35 heavy (non-hydrogen) atoms. The van der Waals surface area contributed by atoms with Crippen molar-refractivity contribution < 1.29 is 22.3 Å². The molecule has 4 aromatic carbocycles. The molecule has 0 saturated heterocycles. The molecule has 0 radical (unpaired) electrons. The van der Waals surface area contributed by atoms with Gasteiger partial charge in [0.15, 0.2) is 0 Å². The molecule has 0 aliphatic rings. The molecule has 0 aliphatic carbocycles. The van der Waals surface area contributed by atoms with E-state index in [1.807, 2.05) is 13.0 Å². The van der Waals surface area contributed by atoms with Crippen LogP contribution in [-0.4, -0.2) is 6.61 Å². The second-order valence-corrected chi connectivity index (χ2v) is 7.54. The summed E-state index contributed by atoms with van der Waals surface area (Å²) >= 11 is 0. The molecule has 1 nitrogen and oxygen atoms in total. The summed E-state index contributed by atoms with van der Waals surface area (Å²) in [7, 11) is 0. The van der Waals surface area contributed by atoms with Crippen LogP contribution >= 0.6 is 0 Å². The van der Waals surface area contributed by atoms with E-state index in [0.29, 0.717) is 23.3 Å². The molecule has 0 saturated carbocycles. The first-order chi connectivity index (χ1) is 16.9. The van der Waals surface area contributed by atoms with Crippen LogP contribution in [0.2, 0.25) is 0 Å². The highest BCUT2D eigenvalue weighted by Crippen LogP contribution is 2.19. The highest BCUT2D eigenvalue weighted by atomic mass is 19.1. The van der Waals surface area contributed by atoms with Gasteiger partial charge in [0.05, 0.1) is 11.1 Å². The first kappa shape index (κ1) is 23.7. The number of benzene rings is 4.